The fourth-order valence-electron chi connectivity index (χ4n) is 3.66. The Morgan fingerprint density at radius 2 is 1.92 bits per heavy atom. The minimum Gasteiger partial charge on any atom is -0.361 e. The number of amides is 1. The van der Waals surface area contributed by atoms with E-state index in [1.54, 1.807) is 23.1 Å². The van der Waals surface area contributed by atoms with Crippen LogP contribution < -0.4 is 0 Å². The van der Waals surface area contributed by atoms with E-state index in [-0.39, 0.29) is 11.5 Å². The highest BCUT2D eigenvalue weighted by atomic mass is 35.5. The zero-order chi connectivity index (χ0) is 17.4. The van der Waals surface area contributed by atoms with Crippen molar-refractivity contribution in [3.05, 3.63) is 70.6 Å². The average Bonchev–Trinajstić information content (AvgIpc) is 3.04. The molecule has 1 saturated heterocycles. The van der Waals surface area contributed by atoms with Crippen molar-refractivity contribution >= 4 is 28.4 Å². The first kappa shape index (κ1) is 16.2. The van der Waals surface area contributed by atoms with Gasteiger partial charge >= 0.3 is 0 Å². The number of nitrogens with zero attached hydrogens (tertiary/aromatic N) is 1. The summed E-state index contributed by atoms with van der Waals surface area (Å²) in [7, 11) is 0. The lowest BCUT2D eigenvalue weighted by molar-refractivity contribution is 0.0708. The Labute approximate surface area is 150 Å². The van der Waals surface area contributed by atoms with E-state index in [0.29, 0.717) is 24.0 Å². The average molecular weight is 357 g/mol. The number of rotatable bonds is 2. The van der Waals surface area contributed by atoms with Crippen LogP contribution in [0.3, 0.4) is 0 Å². The second kappa shape index (κ2) is 6.52. The van der Waals surface area contributed by atoms with Crippen LogP contribution in [0, 0.1) is 5.82 Å². The zero-order valence-electron chi connectivity index (χ0n) is 13.6. The highest BCUT2D eigenvalue weighted by Crippen LogP contribution is 2.34. The smallest absolute Gasteiger partial charge is 0.256 e. The van der Waals surface area contributed by atoms with Gasteiger partial charge in [0.1, 0.15) is 5.82 Å². The minimum absolute atomic E-state index is 0.155. The maximum absolute atomic E-state index is 13.8. The topological polar surface area (TPSA) is 36.1 Å². The summed E-state index contributed by atoms with van der Waals surface area (Å²) in [5, 5.41) is 1.90. The molecule has 1 fully saturated rings. The summed E-state index contributed by atoms with van der Waals surface area (Å²) >= 11 is 6.04. The second-order valence-electron chi connectivity index (χ2n) is 6.48. The monoisotopic (exact) mass is 356 g/mol. The Bertz CT molecular complexity index is 928. The van der Waals surface area contributed by atoms with Gasteiger partial charge in [0.15, 0.2) is 0 Å². The van der Waals surface area contributed by atoms with Crippen LogP contribution in [0.1, 0.15) is 34.7 Å². The molecule has 128 valence electrons. The molecule has 0 radical (unpaired) electrons. The van der Waals surface area contributed by atoms with Crippen molar-refractivity contribution in [2.24, 2.45) is 0 Å². The Kier molecular flexibility index (Phi) is 4.22. The molecule has 0 aliphatic carbocycles. The molecule has 0 atom stereocenters. The summed E-state index contributed by atoms with van der Waals surface area (Å²) in [6.45, 7) is 1.27. The van der Waals surface area contributed by atoms with E-state index < -0.39 is 5.82 Å². The van der Waals surface area contributed by atoms with Gasteiger partial charge in [0, 0.05) is 35.2 Å². The molecule has 3 aromatic rings. The quantitative estimate of drug-likeness (QED) is 0.690. The molecule has 1 N–H and O–H groups in total. The Hall–Kier alpha value is -2.33. The molecule has 1 aliphatic rings. The molecule has 25 heavy (non-hydrogen) atoms. The van der Waals surface area contributed by atoms with Gasteiger partial charge in [0.25, 0.3) is 5.91 Å². The molecule has 0 spiro atoms. The molecule has 0 bridgehead atoms. The Balaban J connectivity index is 1.49. The zero-order valence-corrected chi connectivity index (χ0v) is 14.4. The van der Waals surface area contributed by atoms with Crippen molar-refractivity contribution < 1.29 is 9.18 Å². The molecule has 1 aliphatic heterocycles. The van der Waals surface area contributed by atoms with Crippen molar-refractivity contribution in [1.82, 2.24) is 9.88 Å². The SMILES string of the molecule is O=C(c1ccccc1F)N1CCC(c2c[nH]c3cc(Cl)ccc23)CC1. The number of carbonyl (C=O) groups is 1. The number of hydrogen-bond acceptors (Lipinski definition) is 1. The van der Waals surface area contributed by atoms with E-state index in [4.69, 9.17) is 11.6 Å². The third-order valence-electron chi connectivity index (χ3n) is 5.00. The molecular weight excluding hydrogens is 339 g/mol. The Morgan fingerprint density at radius 3 is 2.68 bits per heavy atom. The van der Waals surface area contributed by atoms with Gasteiger partial charge in [-0.1, -0.05) is 29.8 Å². The molecule has 3 nitrogen and oxygen atoms in total. The maximum Gasteiger partial charge on any atom is 0.256 e. The molecule has 1 amide bonds. The van der Waals surface area contributed by atoms with Gasteiger partial charge in [-0.3, -0.25) is 4.79 Å². The number of likely N-dealkylation sites (tertiary alicyclic amines) is 1. The van der Waals surface area contributed by atoms with Crippen molar-refractivity contribution in [2.75, 3.05) is 13.1 Å². The number of aromatic amines is 1. The number of hydrogen-bond donors (Lipinski definition) is 1. The maximum atomic E-state index is 13.8. The second-order valence-corrected chi connectivity index (χ2v) is 6.92. The summed E-state index contributed by atoms with van der Waals surface area (Å²) in [5.41, 5.74) is 2.46. The summed E-state index contributed by atoms with van der Waals surface area (Å²) in [4.78, 5) is 17.6. The third kappa shape index (κ3) is 3.02. The largest absolute Gasteiger partial charge is 0.361 e. The molecule has 0 saturated carbocycles. The first-order chi connectivity index (χ1) is 12.1. The van der Waals surface area contributed by atoms with Crippen LogP contribution in [-0.2, 0) is 0 Å². The molecule has 2 aromatic carbocycles. The number of H-pyrrole nitrogens is 1. The van der Waals surface area contributed by atoms with Gasteiger partial charge in [-0.05, 0) is 48.6 Å². The highest BCUT2D eigenvalue weighted by Gasteiger charge is 2.27. The number of fused-ring (bicyclic) bond motifs is 1. The van der Waals surface area contributed by atoms with Crippen LogP contribution in [0.5, 0.6) is 0 Å². The molecule has 1 aromatic heterocycles. The highest BCUT2D eigenvalue weighted by molar-refractivity contribution is 6.31. The van der Waals surface area contributed by atoms with E-state index in [2.05, 4.69) is 4.98 Å². The first-order valence-corrected chi connectivity index (χ1v) is 8.81. The number of halogens is 2. The van der Waals surface area contributed by atoms with Crippen molar-refractivity contribution in [3.63, 3.8) is 0 Å². The Morgan fingerprint density at radius 1 is 1.16 bits per heavy atom. The predicted molar refractivity (Wildman–Crippen MR) is 97.6 cm³/mol. The summed E-state index contributed by atoms with van der Waals surface area (Å²) < 4.78 is 13.8. The number of nitrogens with one attached hydrogen (secondary N) is 1. The number of benzene rings is 2. The van der Waals surface area contributed by atoms with E-state index in [1.165, 1.54) is 17.0 Å². The van der Waals surface area contributed by atoms with E-state index in [1.807, 2.05) is 24.4 Å². The number of aromatic nitrogens is 1. The third-order valence-corrected chi connectivity index (χ3v) is 5.24. The predicted octanol–water partition coefficient (Wildman–Crippen LogP) is 4.98. The minimum atomic E-state index is -0.455. The standard InChI is InChI=1S/C20H18ClFN2O/c21-14-5-6-15-17(12-23-19(15)11-14)13-7-9-24(10-8-13)20(25)16-3-1-2-4-18(16)22/h1-6,11-13,23H,7-10H2. The van der Waals surface area contributed by atoms with E-state index in [0.717, 1.165) is 18.4 Å². The molecule has 0 unspecified atom stereocenters. The van der Waals surface area contributed by atoms with Crippen molar-refractivity contribution in [2.45, 2.75) is 18.8 Å². The van der Waals surface area contributed by atoms with E-state index >= 15 is 0 Å². The van der Waals surface area contributed by atoms with E-state index in [9.17, 15) is 9.18 Å². The van der Waals surface area contributed by atoms with Gasteiger partial charge in [-0.2, -0.15) is 0 Å². The van der Waals surface area contributed by atoms with Gasteiger partial charge < -0.3 is 9.88 Å². The van der Waals surface area contributed by atoms with Crippen LogP contribution >= 0.6 is 11.6 Å². The summed E-state index contributed by atoms with van der Waals surface area (Å²) in [6.07, 6.45) is 3.78. The lowest BCUT2D eigenvalue weighted by Crippen LogP contribution is -2.38. The summed E-state index contributed by atoms with van der Waals surface area (Å²) in [5.74, 6) is -0.287. The molecule has 5 heteroatoms. The first-order valence-electron chi connectivity index (χ1n) is 8.44. The fraction of sp³-hybridized carbons (Fsp3) is 0.250. The summed E-state index contributed by atoms with van der Waals surface area (Å²) in [6, 6.07) is 12.0. The lowest BCUT2D eigenvalue weighted by atomic mass is 9.89. The molecular formula is C20H18ClFN2O. The van der Waals surface area contributed by atoms with Crippen LogP contribution in [0.4, 0.5) is 4.39 Å². The van der Waals surface area contributed by atoms with Gasteiger partial charge in [0.05, 0.1) is 5.56 Å². The van der Waals surface area contributed by atoms with Crippen LogP contribution in [0.15, 0.2) is 48.7 Å². The molecule has 2 heterocycles. The van der Waals surface area contributed by atoms with Crippen LogP contribution in [0.2, 0.25) is 5.02 Å². The molecule has 4 rings (SSSR count). The van der Waals surface area contributed by atoms with Crippen molar-refractivity contribution in [1.29, 1.82) is 0 Å². The normalized spacial score (nSPS) is 15.7. The van der Waals surface area contributed by atoms with Gasteiger partial charge in [0.2, 0.25) is 0 Å². The van der Waals surface area contributed by atoms with Crippen molar-refractivity contribution in [3.8, 4) is 0 Å². The van der Waals surface area contributed by atoms with Gasteiger partial charge in [-0.25, -0.2) is 4.39 Å². The number of piperidine rings is 1. The number of carbonyl (C=O) groups excluding carboxylic acids is 1. The fourth-order valence-corrected chi connectivity index (χ4v) is 3.83. The van der Waals surface area contributed by atoms with Crippen LogP contribution in [0.25, 0.3) is 10.9 Å². The van der Waals surface area contributed by atoms with Crippen LogP contribution in [-0.4, -0.2) is 28.9 Å². The van der Waals surface area contributed by atoms with Gasteiger partial charge in [-0.15, -0.1) is 0 Å². The lowest BCUT2D eigenvalue weighted by Gasteiger charge is -2.32.